The third kappa shape index (κ3) is 4.90. The molecule has 1 saturated carbocycles. The van der Waals surface area contributed by atoms with E-state index in [2.05, 4.69) is 46.1 Å². The number of rotatable bonds is 4. The maximum absolute atomic E-state index is 4.91. The largest absolute Gasteiger partial charge is 0.357 e. The lowest BCUT2D eigenvalue weighted by atomic mass is 9.68. The second-order valence-electron chi connectivity index (χ2n) is 8.51. The van der Waals surface area contributed by atoms with Crippen LogP contribution in [0.1, 0.15) is 38.2 Å². The summed E-state index contributed by atoms with van der Waals surface area (Å²) in [7, 11) is 2.18. The average molecular weight is 498 g/mol. The first-order valence-electron chi connectivity index (χ1n) is 10.6. The van der Waals surface area contributed by atoms with Crippen molar-refractivity contribution in [3.8, 4) is 0 Å². The second kappa shape index (κ2) is 9.61. The number of likely N-dealkylation sites (tertiary alicyclic amines) is 1. The van der Waals surface area contributed by atoms with Crippen LogP contribution in [0.25, 0.3) is 0 Å². The van der Waals surface area contributed by atoms with Crippen LogP contribution < -0.4 is 10.2 Å². The first-order valence-corrected chi connectivity index (χ1v) is 10.6. The lowest BCUT2D eigenvalue weighted by molar-refractivity contribution is 0.151. The molecule has 0 radical (unpaired) electrons. The van der Waals surface area contributed by atoms with Gasteiger partial charge in [-0.3, -0.25) is 0 Å². The van der Waals surface area contributed by atoms with Gasteiger partial charge in [-0.15, -0.1) is 24.0 Å². The standard InChI is InChI=1S/C21H34N6.HI/c1-3-22-20(27-10-9-21(17-27)7-4-8-21)24-16-18-5-6-19(23-15-18)26-13-11-25(2)12-14-26;/h5-6,15H,3-4,7-14,16-17H2,1-2H3,(H,22,24);1H. The first kappa shape index (κ1) is 21.6. The van der Waals surface area contributed by atoms with Crippen LogP contribution in [0.4, 0.5) is 5.82 Å². The number of aromatic nitrogens is 1. The van der Waals surface area contributed by atoms with Crippen LogP contribution in [-0.4, -0.2) is 73.6 Å². The summed E-state index contributed by atoms with van der Waals surface area (Å²) in [5, 5.41) is 3.49. The van der Waals surface area contributed by atoms with Crippen molar-refractivity contribution in [3.63, 3.8) is 0 Å². The van der Waals surface area contributed by atoms with Gasteiger partial charge in [-0.1, -0.05) is 12.5 Å². The lowest BCUT2D eigenvalue weighted by Gasteiger charge is -2.38. The van der Waals surface area contributed by atoms with Gasteiger partial charge < -0.3 is 20.0 Å². The molecule has 1 aliphatic carbocycles. The average Bonchev–Trinajstić information content (AvgIpc) is 3.12. The molecule has 2 aliphatic heterocycles. The van der Waals surface area contributed by atoms with Gasteiger partial charge in [0.15, 0.2) is 5.96 Å². The highest BCUT2D eigenvalue weighted by Gasteiger charge is 2.43. The van der Waals surface area contributed by atoms with Crippen molar-refractivity contribution in [1.29, 1.82) is 0 Å². The summed E-state index contributed by atoms with van der Waals surface area (Å²) in [5.74, 6) is 2.17. The van der Waals surface area contributed by atoms with Gasteiger partial charge in [0.05, 0.1) is 6.54 Å². The summed E-state index contributed by atoms with van der Waals surface area (Å²) in [6.45, 7) is 10.4. The van der Waals surface area contributed by atoms with Crippen LogP contribution in [0, 0.1) is 5.41 Å². The van der Waals surface area contributed by atoms with Crippen LogP contribution in [-0.2, 0) is 6.54 Å². The smallest absolute Gasteiger partial charge is 0.194 e. The molecule has 2 saturated heterocycles. The van der Waals surface area contributed by atoms with Crippen molar-refractivity contribution in [1.82, 2.24) is 20.1 Å². The number of likely N-dealkylation sites (N-methyl/N-ethyl adjacent to an activating group) is 1. The fraction of sp³-hybridized carbons (Fsp3) is 0.714. The second-order valence-corrected chi connectivity index (χ2v) is 8.51. The molecule has 1 N–H and O–H groups in total. The molecule has 0 bridgehead atoms. The molecule has 4 rings (SSSR count). The van der Waals surface area contributed by atoms with Gasteiger partial charge in [0.2, 0.25) is 0 Å². The summed E-state index contributed by atoms with van der Waals surface area (Å²) in [4.78, 5) is 16.8. The maximum atomic E-state index is 4.91. The van der Waals surface area contributed by atoms with Gasteiger partial charge >= 0.3 is 0 Å². The van der Waals surface area contributed by atoms with Crippen molar-refractivity contribution >= 4 is 35.8 Å². The van der Waals surface area contributed by atoms with Gasteiger partial charge in [0.1, 0.15) is 5.82 Å². The highest BCUT2D eigenvalue weighted by atomic mass is 127. The maximum Gasteiger partial charge on any atom is 0.194 e. The van der Waals surface area contributed by atoms with Gasteiger partial charge in [-0.05, 0) is 50.3 Å². The Labute approximate surface area is 186 Å². The molecule has 1 aromatic heterocycles. The van der Waals surface area contributed by atoms with Crippen molar-refractivity contribution < 1.29 is 0 Å². The van der Waals surface area contributed by atoms with E-state index in [9.17, 15) is 0 Å². The fourth-order valence-corrected chi connectivity index (χ4v) is 4.53. The molecule has 1 spiro atoms. The van der Waals surface area contributed by atoms with Crippen molar-refractivity contribution in [3.05, 3.63) is 23.9 Å². The summed E-state index contributed by atoms with van der Waals surface area (Å²) in [6, 6.07) is 4.34. The summed E-state index contributed by atoms with van der Waals surface area (Å²) in [5.41, 5.74) is 1.78. The number of aliphatic imine (C=N–C) groups is 1. The van der Waals surface area contributed by atoms with Gasteiger partial charge in [0.25, 0.3) is 0 Å². The van der Waals surface area contributed by atoms with Crippen LogP contribution >= 0.6 is 24.0 Å². The Hall–Kier alpha value is -1.09. The first-order chi connectivity index (χ1) is 13.2. The molecule has 3 fully saturated rings. The number of nitrogens with one attached hydrogen (secondary N) is 1. The van der Waals surface area contributed by atoms with E-state index in [-0.39, 0.29) is 24.0 Å². The van der Waals surface area contributed by atoms with Crippen molar-refractivity contribution in [2.24, 2.45) is 10.4 Å². The Bertz CT molecular complexity index is 649. The molecular weight excluding hydrogens is 463 g/mol. The molecule has 0 aromatic carbocycles. The predicted octanol–water partition coefficient (Wildman–Crippen LogP) is 2.79. The van der Waals surface area contributed by atoms with E-state index in [0.29, 0.717) is 12.0 Å². The van der Waals surface area contributed by atoms with Crippen molar-refractivity contribution in [2.75, 3.05) is 57.8 Å². The molecule has 3 heterocycles. The number of pyridine rings is 1. The molecule has 0 amide bonds. The van der Waals surface area contributed by atoms with Crippen LogP contribution in [0.3, 0.4) is 0 Å². The van der Waals surface area contributed by atoms with E-state index >= 15 is 0 Å². The molecule has 0 atom stereocenters. The lowest BCUT2D eigenvalue weighted by Crippen LogP contribution is -2.44. The third-order valence-corrected chi connectivity index (χ3v) is 6.53. The molecule has 1 aromatic rings. The van der Waals surface area contributed by atoms with Gasteiger partial charge in [0, 0.05) is 52.0 Å². The van der Waals surface area contributed by atoms with Gasteiger partial charge in [-0.25, -0.2) is 9.98 Å². The molecule has 7 heteroatoms. The minimum atomic E-state index is 0. The summed E-state index contributed by atoms with van der Waals surface area (Å²) >= 11 is 0. The zero-order valence-electron chi connectivity index (χ0n) is 17.4. The Balaban J connectivity index is 0.00000225. The quantitative estimate of drug-likeness (QED) is 0.393. The summed E-state index contributed by atoms with van der Waals surface area (Å²) in [6.07, 6.45) is 7.55. The van der Waals surface area contributed by atoms with Crippen LogP contribution in [0.5, 0.6) is 0 Å². The number of piperazine rings is 1. The van der Waals surface area contributed by atoms with Crippen molar-refractivity contribution in [2.45, 2.75) is 39.2 Å². The third-order valence-electron chi connectivity index (χ3n) is 6.53. The molecular formula is C21H35IN6. The van der Waals surface area contributed by atoms with E-state index < -0.39 is 0 Å². The highest BCUT2D eigenvalue weighted by molar-refractivity contribution is 14.0. The normalized spacial score (nSPS) is 22.1. The van der Waals surface area contributed by atoms with E-state index in [4.69, 9.17) is 9.98 Å². The number of halogens is 1. The molecule has 28 heavy (non-hydrogen) atoms. The zero-order chi connectivity index (χ0) is 18.7. The van der Waals surface area contributed by atoms with Crippen LogP contribution in [0.2, 0.25) is 0 Å². The van der Waals surface area contributed by atoms with E-state index in [1.807, 2.05) is 6.20 Å². The Morgan fingerprint density at radius 2 is 1.93 bits per heavy atom. The predicted molar refractivity (Wildman–Crippen MR) is 127 cm³/mol. The SMILES string of the molecule is CCNC(=NCc1ccc(N2CCN(C)CC2)nc1)N1CCC2(CCC2)C1.I. The number of nitrogens with zero attached hydrogens (tertiary/aromatic N) is 5. The van der Waals surface area contributed by atoms with E-state index in [1.165, 1.54) is 37.8 Å². The minimum absolute atomic E-state index is 0. The number of hydrogen-bond acceptors (Lipinski definition) is 4. The molecule has 0 unspecified atom stereocenters. The fourth-order valence-electron chi connectivity index (χ4n) is 4.53. The number of anilines is 1. The van der Waals surface area contributed by atoms with E-state index in [0.717, 1.165) is 51.0 Å². The Kier molecular flexibility index (Phi) is 7.42. The molecule has 6 nitrogen and oxygen atoms in total. The number of guanidine groups is 1. The molecule has 156 valence electrons. The summed E-state index contributed by atoms with van der Waals surface area (Å²) < 4.78 is 0. The highest BCUT2D eigenvalue weighted by Crippen LogP contribution is 2.47. The monoisotopic (exact) mass is 498 g/mol. The Morgan fingerprint density at radius 1 is 1.14 bits per heavy atom. The Morgan fingerprint density at radius 3 is 2.50 bits per heavy atom. The van der Waals surface area contributed by atoms with Gasteiger partial charge in [-0.2, -0.15) is 0 Å². The number of hydrogen-bond donors (Lipinski definition) is 1. The molecule has 3 aliphatic rings. The zero-order valence-corrected chi connectivity index (χ0v) is 19.7. The topological polar surface area (TPSA) is 47.0 Å². The van der Waals surface area contributed by atoms with E-state index in [1.54, 1.807) is 0 Å². The van der Waals surface area contributed by atoms with Crippen LogP contribution in [0.15, 0.2) is 23.3 Å². The minimum Gasteiger partial charge on any atom is -0.357 e.